The van der Waals surface area contributed by atoms with Crippen molar-refractivity contribution >= 4 is 79.0 Å². The van der Waals surface area contributed by atoms with Crippen LogP contribution in [0.4, 0.5) is 34.1 Å². The summed E-state index contributed by atoms with van der Waals surface area (Å²) >= 11 is 0. The first-order valence-corrected chi connectivity index (χ1v) is 38.4. The topological polar surface area (TPSA) is 11.4 Å². The van der Waals surface area contributed by atoms with Gasteiger partial charge in [-0.2, -0.15) is 0 Å². The van der Waals surface area contributed by atoms with E-state index in [-0.39, 0.29) is 6.71 Å². The van der Waals surface area contributed by atoms with E-state index in [0.29, 0.717) is 0 Å². The molecule has 6 aliphatic carbocycles. The third-order valence-electron chi connectivity index (χ3n) is 26.6. The summed E-state index contributed by atoms with van der Waals surface area (Å²) < 4.78 is 2.58. The van der Waals surface area contributed by atoms with Gasteiger partial charge in [-0.25, -0.2) is 0 Å². The second-order valence-electron chi connectivity index (χ2n) is 31.0. The molecule has 0 N–H and O–H groups in total. The van der Waals surface area contributed by atoms with Crippen LogP contribution in [0.25, 0.3) is 105 Å². The lowest BCUT2D eigenvalue weighted by Crippen LogP contribution is -2.62. The van der Waals surface area contributed by atoms with Crippen molar-refractivity contribution in [3.63, 3.8) is 0 Å². The Kier molecular flexibility index (Phi) is 11.2. The molecule has 3 nitrogen and oxygen atoms in total. The lowest BCUT2D eigenvalue weighted by atomic mass is 9.33. The number of hydrogen-bond donors (Lipinski definition) is 0. The van der Waals surface area contributed by atoms with Gasteiger partial charge in [0, 0.05) is 50.3 Å². The molecule has 3 heterocycles. The van der Waals surface area contributed by atoms with Crippen LogP contribution in [0.3, 0.4) is 0 Å². The fourth-order valence-electron chi connectivity index (χ4n) is 22.8. The summed E-state index contributed by atoms with van der Waals surface area (Å²) in [6.45, 7) is -0.302. The van der Waals surface area contributed by atoms with Crippen LogP contribution in [0, 0.1) is 0 Å². The number of hydrogen-bond acceptors (Lipinski definition) is 2. The Hall–Kier alpha value is -13.8. The van der Waals surface area contributed by atoms with E-state index in [4.69, 9.17) is 0 Å². The maximum atomic E-state index is 2.86. The quantitative estimate of drug-likeness (QED) is 0.163. The summed E-state index contributed by atoms with van der Waals surface area (Å²) in [5, 5.41) is 2.44. The number of anilines is 6. The van der Waals surface area contributed by atoms with Crippen LogP contribution in [-0.4, -0.2) is 11.3 Å². The zero-order chi connectivity index (χ0) is 70.7. The van der Waals surface area contributed by atoms with E-state index in [2.05, 4.69) is 390 Å². The molecule has 0 amide bonds. The van der Waals surface area contributed by atoms with Gasteiger partial charge < -0.3 is 14.4 Å². The van der Waals surface area contributed by atoms with Crippen molar-refractivity contribution in [3.05, 3.63) is 443 Å². The normalized spacial score (nSPS) is 15.0. The highest BCUT2D eigenvalue weighted by molar-refractivity contribution is 7.00. The first-order chi connectivity index (χ1) is 54.1. The summed E-state index contributed by atoms with van der Waals surface area (Å²) in [4.78, 5) is 5.54. The molecule has 3 spiro atoms. The highest BCUT2D eigenvalue weighted by Gasteiger charge is 2.59. The zero-order valence-corrected chi connectivity index (χ0v) is 59.2. The van der Waals surface area contributed by atoms with Crippen LogP contribution < -0.4 is 26.2 Å². The third-order valence-corrected chi connectivity index (χ3v) is 26.6. The van der Waals surface area contributed by atoms with Crippen molar-refractivity contribution in [2.24, 2.45) is 0 Å². The molecule has 0 fully saturated rings. The van der Waals surface area contributed by atoms with Crippen LogP contribution >= 0.6 is 0 Å². The molecule has 0 saturated carbocycles. The minimum atomic E-state index is -0.714. The lowest BCUT2D eigenvalue weighted by Gasteiger charge is -2.47. The molecular formula is C105H62BN3. The molecule has 0 unspecified atom stereocenters. The molecule has 0 saturated heterocycles. The second-order valence-corrected chi connectivity index (χ2v) is 31.0. The minimum absolute atomic E-state index is 0.302. The molecule has 17 aromatic carbocycles. The van der Waals surface area contributed by atoms with Gasteiger partial charge in [-0.1, -0.05) is 328 Å². The van der Waals surface area contributed by atoms with Gasteiger partial charge in [0.25, 0.3) is 6.71 Å². The van der Waals surface area contributed by atoms with Crippen molar-refractivity contribution in [1.29, 1.82) is 0 Å². The van der Waals surface area contributed by atoms with Gasteiger partial charge in [-0.05, 0) is 198 Å². The Morgan fingerprint density at radius 2 is 0.615 bits per heavy atom. The molecule has 2 aliphatic heterocycles. The summed E-state index contributed by atoms with van der Waals surface area (Å²) in [5.41, 5.74) is 45.6. The zero-order valence-electron chi connectivity index (χ0n) is 59.2. The average molecular weight is 1380 g/mol. The predicted octanol–water partition coefficient (Wildman–Crippen LogP) is 23.6. The van der Waals surface area contributed by atoms with Crippen molar-refractivity contribution in [1.82, 2.24) is 4.57 Å². The summed E-state index contributed by atoms with van der Waals surface area (Å²) in [6.07, 6.45) is 0. The number of para-hydroxylation sites is 2. The summed E-state index contributed by atoms with van der Waals surface area (Å²) in [6, 6.07) is 146. The van der Waals surface area contributed by atoms with Crippen molar-refractivity contribution < 1.29 is 0 Å². The SMILES string of the molecule is c1ccc(-c2ccc(N3c4cc5c(cc4B4c6ccc7c(c6N(c6cccc8c6C6(c9ccccc9-c9ccccc96)c6ccccc6-8)c6cc(-n8c9ccccc9c9ccccc98)cc3c64)-c3ccccc3C73c4ccccc4-c4ccccc43)C3(c4ccccc4-c4ccccc43)c3ccccc3-5)cc2)cc1. The molecule has 109 heavy (non-hydrogen) atoms. The van der Waals surface area contributed by atoms with E-state index in [1.807, 2.05) is 0 Å². The molecule has 500 valence electrons. The van der Waals surface area contributed by atoms with Crippen LogP contribution in [0.5, 0.6) is 0 Å². The van der Waals surface area contributed by atoms with E-state index in [1.54, 1.807) is 0 Å². The first kappa shape index (κ1) is 58.5. The largest absolute Gasteiger partial charge is 0.311 e. The van der Waals surface area contributed by atoms with Gasteiger partial charge in [0.2, 0.25) is 0 Å². The average Bonchev–Trinajstić information content (AvgIpc) is 1.53. The first-order valence-electron chi connectivity index (χ1n) is 38.4. The maximum absolute atomic E-state index is 2.86. The van der Waals surface area contributed by atoms with E-state index in [1.165, 1.54) is 183 Å². The Morgan fingerprint density at radius 3 is 1.13 bits per heavy atom. The van der Waals surface area contributed by atoms with Crippen LogP contribution in [0.2, 0.25) is 0 Å². The summed E-state index contributed by atoms with van der Waals surface area (Å²) in [7, 11) is 0. The Balaban J connectivity index is 0.867. The molecule has 0 atom stereocenters. The van der Waals surface area contributed by atoms with Crippen LogP contribution in [0.15, 0.2) is 376 Å². The monoisotopic (exact) mass is 1380 g/mol. The van der Waals surface area contributed by atoms with Crippen molar-refractivity contribution in [3.8, 4) is 83.6 Å². The molecule has 4 heteroatoms. The van der Waals surface area contributed by atoms with Crippen molar-refractivity contribution in [2.45, 2.75) is 16.2 Å². The Labute approximate surface area is 631 Å². The van der Waals surface area contributed by atoms with Gasteiger partial charge in [0.15, 0.2) is 0 Å². The molecule has 18 aromatic rings. The number of benzene rings is 17. The van der Waals surface area contributed by atoms with Gasteiger partial charge in [-0.15, -0.1) is 0 Å². The van der Waals surface area contributed by atoms with Crippen LogP contribution in [-0.2, 0) is 16.2 Å². The van der Waals surface area contributed by atoms with E-state index < -0.39 is 16.2 Å². The Bertz CT molecular complexity index is 6950. The van der Waals surface area contributed by atoms with E-state index in [9.17, 15) is 0 Å². The van der Waals surface area contributed by atoms with Crippen molar-refractivity contribution in [2.75, 3.05) is 9.80 Å². The molecule has 8 aliphatic rings. The Morgan fingerprint density at radius 1 is 0.220 bits per heavy atom. The molecule has 1 aromatic heterocycles. The molecule has 26 rings (SSSR count). The fourth-order valence-corrected chi connectivity index (χ4v) is 22.8. The van der Waals surface area contributed by atoms with Gasteiger partial charge in [0.1, 0.15) is 0 Å². The molecule has 0 bridgehead atoms. The fraction of sp³-hybridized carbons (Fsp3) is 0.0286. The second kappa shape index (κ2) is 20.8. The minimum Gasteiger partial charge on any atom is -0.311 e. The predicted molar refractivity (Wildman–Crippen MR) is 449 cm³/mol. The van der Waals surface area contributed by atoms with Crippen LogP contribution in [0.1, 0.15) is 66.8 Å². The number of aromatic nitrogens is 1. The number of fused-ring (bicyclic) bond motifs is 38. The standard InChI is InChI=1S/C105H62BN3/c1-2-27-63(28-3-1)64-53-55-65(56-54-64)107-96-61-79-74-36-11-19-45-84(74)104(82-43-17-6-31-69(82)70-32-7-18-44-83(70)104)90(79)62-92(96)106-91-58-57-89-99(78-39-12-23-49-88(78)103(89)80-41-15-4-29-67(80)68-30-5-16-42-81(68)103)102(91)109(98-60-66(59-97(107)101(98)106)108-93-50-24-13-37-75(93)76-38-14-25-51-94(76)108)95-52-26-40-77-73-35-10-22-48-87(73)105(100(77)95)85-46-20-8-33-71(85)72-34-9-21-47-86(72)105/h1-62H. The van der Waals surface area contributed by atoms with Gasteiger partial charge >= 0.3 is 0 Å². The highest BCUT2D eigenvalue weighted by atomic mass is 15.2. The van der Waals surface area contributed by atoms with Gasteiger partial charge in [-0.3, -0.25) is 0 Å². The van der Waals surface area contributed by atoms with Gasteiger partial charge in [0.05, 0.1) is 38.7 Å². The number of rotatable bonds is 4. The highest BCUT2D eigenvalue weighted by Crippen LogP contribution is 2.70. The van der Waals surface area contributed by atoms with E-state index in [0.717, 1.165) is 39.5 Å². The summed E-state index contributed by atoms with van der Waals surface area (Å²) in [5.74, 6) is 0. The molecular weight excluding hydrogens is 1310 g/mol. The number of nitrogens with zero attached hydrogens (tertiary/aromatic N) is 3. The molecule has 0 radical (unpaired) electrons. The third kappa shape index (κ3) is 6.92. The van der Waals surface area contributed by atoms with E-state index >= 15 is 0 Å². The lowest BCUT2D eigenvalue weighted by molar-refractivity contribution is 0.791. The smallest absolute Gasteiger partial charge is 0.252 e. The maximum Gasteiger partial charge on any atom is 0.252 e.